The number of carbonyl (C=O) groups excluding carboxylic acids is 2. The Morgan fingerprint density at radius 1 is 1.24 bits per heavy atom. The molecule has 0 N–H and O–H groups in total. The molecule has 0 amide bonds. The molecule has 0 aliphatic carbocycles. The van der Waals surface area contributed by atoms with Crippen molar-refractivity contribution in [1.29, 1.82) is 5.26 Å². The summed E-state index contributed by atoms with van der Waals surface area (Å²) in [6, 6.07) is 1.69. The largest absolute Gasteiger partial charge is 0.463 e. The van der Waals surface area contributed by atoms with Gasteiger partial charge in [0.2, 0.25) is 0 Å². The lowest BCUT2D eigenvalue weighted by atomic mass is 10.4. The van der Waals surface area contributed by atoms with Gasteiger partial charge in [-0.3, -0.25) is 0 Å². The van der Waals surface area contributed by atoms with Crippen molar-refractivity contribution in [3.05, 3.63) is 37.5 Å². The minimum atomic E-state index is -0.330. The second-order valence-corrected chi connectivity index (χ2v) is 3.56. The van der Waals surface area contributed by atoms with Crippen LogP contribution < -0.4 is 0 Å². The number of hydrogen-bond donors (Lipinski definition) is 0. The first-order valence-electron chi connectivity index (χ1n) is 6.53. The van der Waals surface area contributed by atoms with Crippen molar-refractivity contribution in [2.24, 2.45) is 0 Å². The average Bonchev–Trinajstić information content (AvgIpc) is 2.48. The van der Waals surface area contributed by atoms with Crippen molar-refractivity contribution < 1.29 is 19.1 Å². The fourth-order valence-electron chi connectivity index (χ4n) is 0.630. The molecule has 5 nitrogen and oxygen atoms in total. The van der Waals surface area contributed by atoms with Gasteiger partial charge in [-0.2, -0.15) is 5.26 Å². The zero-order chi connectivity index (χ0) is 17.1. The average molecular weight is 295 g/mol. The second-order valence-electron chi connectivity index (χ2n) is 3.56. The van der Waals surface area contributed by atoms with Crippen molar-refractivity contribution in [2.45, 2.75) is 33.6 Å². The number of ether oxygens (including phenoxy) is 2. The van der Waals surface area contributed by atoms with Crippen LogP contribution in [0.2, 0.25) is 0 Å². The molecule has 0 radical (unpaired) electrons. The number of nitrogens with zero attached hydrogens (tertiary/aromatic N) is 1. The Labute approximate surface area is 127 Å². The van der Waals surface area contributed by atoms with Crippen molar-refractivity contribution in [3.63, 3.8) is 0 Å². The summed E-state index contributed by atoms with van der Waals surface area (Å²) >= 11 is 0. The molecule has 5 heteroatoms. The van der Waals surface area contributed by atoms with Gasteiger partial charge in [0.05, 0.1) is 19.3 Å². The number of allylic oxidation sites excluding steroid dienone is 1. The van der Waals surface area contributed by atoms with E-state index in [1.165, 1.54) is 12.2 Å². The molecule has 21 heavy (non-hydrogen) atoms. The number of esters is 2. The van der Waals surface area contributed by atoms with Crippen LogP contribution in [0.5, 0.6) is 0 Å². The van der Waals surface area contributed by atoms with Crippen LogP contribution in [-0.4, -0.2) is 25.2 Å². The van der Waals surface area contributed by atoms with E-state index >= 15 is 0 Å². The monoisotopic (exact) mass is 295 g/mol. The van der Waals surface area contributed by atoms with E-state index in [-0.39, 0.29) is 11.9 Å². The Hall–Kier alpha value is -2.35. The molecule has 0 bridgehead atoms. The highest BCUT2D eigenvalue weighted by Crippen LogP contribution is 1.89. The van der Waals surface area contributed by atoms with Gasteiger partial charge >= 0.3 is 11.9 Å². The van der Waals surface area contributed by atoms with Crippen molar-refractivity contribution in [2.75, 3.05) is 13.2 Å². The molecule has 0 saturated heterocycles. The van der Waals surface area contributed by atoms with Gasteiger partial charge in [0, 0.05) is 17.7 Å². The molecule has 0 aromatic carbocycles. The molecule has 0 atom stereocenters. The molecule has 0 aromatic heterocycles. The van der Waals surface area contributed by atoms with Crippen LogP contribution in [-0.2, 0) is 19.1 Å². The van der Waals surface area contributed by atoms with E-state index in [0.29, 0.717) is 18.8 Å². The zero-order valence-electron chi connectivity index (χ0n) is 13.2. The Bertz CT molecular complexity index is 367. The zero-order valence-corrected chi connectivity index (χ0v) is 13.2. The first-order chi connectivity index (χ1) is 9.90. The highest BCUT2D eigenvalue weighted by atomic mass is 16.5. The van der Waals surface area contributed by atoms with Crippen LogP contribution in [0.15, 0.2) is 37.5 Å². The topological polar surface area (TPSA) is 76.4 Å². The predicted octanol–water partition coefficient (Wildman–Crippen LogP) is 3.34. The summed E-state index contributed by atoms with van der Waals surface area (Å²) in [4.78, 5) is 20.8. The van der Waals surface area contributed by atoms with Gasteiger partial charge in [-0.25, -0.2) is 9.59 Å². The lowest BCUT2D eigenvalue weighted by Gasteiger charge is -1.97. The molecule has 0 aliphatic rings. The number of nitriles is 1. The van der Waals surface area contributed by atoms with Gasteiger partial charge in [-0.15, -0.1) is 0 Å². The van der Waals surface area contributed by atoms with Gasteiger partial charge in [0.25, 0.3) is 0 Å². The summed E-state index contributed by atoms with van der Waals surface area (Å²) in [5.41, 5.74) is 0.451. The molecular weight excluding hydrogens is 270 g/mol. The molecule has 0 aromatic rings. The third-order valence-corrected chi connectivity index (χ3v) is 1.62. The highest BCUT2D eigenvalue weighted by Gasteiger charge is 1.98. The van der Waals surface area contributed by atoms with E-state index in [4.69, 9.17) is 5.26 Å². The van der Waals surface area contributed by atoms with E-state index in [9.17, 15) is 9.59 Å². The summed E-state index contributed by atoms with van der Waals surface area (Å²) in [5, 5.41) is 7.51. The van der Waals surface area contributed by atoms with Crippen molar-refractivity contribution in [3.8, 4) is 6.07 Å². The fourth-order valence-corrected chi connectivity index (χ4v) is 0.630. The van der Waals surface area contributed by atoms with Crippen LogP contribution in [0.1, 0.15) is 33.6 Å². The maximum atomic E-state index is 10.4. The number of rotatable bonds is 6. The predicted molar refractivity (Wildman–Crippen MR) is 83.3 cm³/mol. The molecule has 0 saturated carbocycles. The maximum Gasteiger partial charge on any atom is 0.333 e. The van der Waals surface area contributed by atoms with Crippen LogP contribution in [0, 0.1) is 11.3 Å². The first kappa shape index (κ1) is 23.7. The van der Waals surface area contributed by atoms with Gasteiger partial charge in [0.15, 0.2) is 0 Å². The Balaban J connectivity index is -0.000000249. The van der Waals surface area contributed by atoms with E-state index in [2.05, 4.69) is 29.2 Å². The van der Waals surface area contributed by atoms with E-state index < -0.39 is 0 Å². The third kappa shape index (κ3) is 27.0. The molecule has 0 fully saturated rings. The van der Waals surface area contributed by atoms with Gasteiger partial charge in [-0.1, -0.05) is 33.1 Å². The SMILES string of the molecule is C=C(C)C(=O)OCC.C=CC#N.C=CC(=O)OCCCC. The summed E-state index contributed by atoms with van der Waals surface area (Å²) in [5.74, 6) is -0.643. The number of unbranched alkanes of at least 4 members (excludes halogenated alkanes) is 1. The normalized spacial score (nSPS) is 7.52. The Morgan fingerprint density at radius 3 is 2.00 bits per heavy atom. The Kier molecular flexibility index (Phi) is 22.6. The van der Waals surface area contributed by atoms with Crippen LogP contribution in [0.3, 0.4) is 0 Å². The molecule has 0 aliphatic heterocycles. The smallest absolute Gasteiger partial charge is 0.333 e. The standard InChI is InChI=1S/C7H12O2.C6H10O2.C3H3N/c1-3-5-6-9-7(8)4-2;1-4-8-6(7)5(2)3;1-2-3-4/h4H,2-3,5-6H2,1H3;2,4H2,1,3H3;2H,1H2. The third-order valence-electron chi connectivity index (χ3n) is 1.62. The Morgan fingerprint density at radius 2 is 1.76 bits per heavy atom. The fraction of sp³-hybridized carbons (Fsp3) is 0.438. The minimum absolute atomic E-state index is 0.312. The first-order valence-corrected chi connectivity index (χ1v) is 6.53. The molecule has 0 heterocycles. The number of hydrogen-bond acceptors (Lipinski definition) is 5. The van der Waals surface area contributed by atoms with Crippen molar-refractivity contribution in [1.82, 2.24) is 0 Å². The van der Waals surface area contributed by atoms with Gasteiger partial charge < -0.3 is 9.47 Å². The lowest BCUT2D eigenvalue weighted by molar-refractivity contribution is -0.139. The summed E-state index contributed by atoms with van der Waals surface area (Å²) < 4.78 is 9.24. The summed E-state index contributed by atoms with van der Waals surface area (Å²) in [6.45, 7) is 16.2. The molecule has 0 rings (SSSR count). The second kappa shape index (κ2) is 20.0. The summed E-state index contributed by atoms with van der Waals surface area (Å²) in [6.07, 6.45) is 4.33. The highest BCUT2D eigenvalue weighted by molar-refractivity contribution is 5.86. The lowest BCUT2D eigenvalue weighted by Crippen LogP contribution is -2.03. The van der Waals surface area contributed by atoms with E-state index in [1.54, 1.807) is 19.9 Å². The minimum Gasteiger partial charge on any atom is -0.463 e. The van der Waals surface area contributed by atoms with Gasteiger partial charge in [-0.05, 0) is 20.3 Å². The molecular formula is C16H25NO4. The maximum absolute atomic E-state index is 10.4. The van der Waals surface area contributed by atoms with Gasteiger partial charge in [0.1, 0.15) is 0 Å². The van der Waals surface area contributed by atoms with Crippen LogP contribution in [0.4, 0.5) is 0 Å². The molecule has 0 unspecified atom stereocenters. The van der Waals surface area contributed by atoms with E-state index in [1.807, 2.05) is 6.92 Å². The van der Waals surface area contributed by atoms with Crippen LogP contribution >= 0.6 is 0 Å². The number of carbonyl (C=O) groups is 2. The van der Waals surface area contributed by atoms with Crippen LogP contribution in [0.25, 0.3) is 0 Å². The quantitative estimate of drug-likeness (QED) is 0.325. The van der Waals surface area contributed by atoms with Crippen molar-refractivity contribution >= 4 is 11.9 Å². The molecule has 118 valence electrons. The van der Waals surface area contributed by atoms with E-state index in [0.717, 1.165) is 12.8 Å². The molecule has 0 spiro atoms. The summed E-state index contributed by atoms with van der Waals surface area (Å²) in [7, 11) is 0.